The maximum Gasteiger partial charge on any atom is 0.322 e. The van der Waals surface area contributed by atoms with E-state index in [2.05, 4.69) is 24.4 Å². The smallest absolute Gasteiger partial charge is 0.317 e. The van der Waals surface area contributed by atoms with Crippen LogP contribution in [0.1, 0.15) is 47.0 Å². The summed E-state index contributed by atoms with van der Waals surface area (Å²) in [6, 6.07) is 12.6. The normalized spacial score (nSPS) is 18.5. The topological polar surface area (TPSA) is 32.3 Å². The number of carbonyl (C=O) groups excluding carboxylic acids is 1. The molecule has 2 amide bonds. The van der Waals surface area contributed by atoms with Crippen LogP contribution in [0.25, 0.3) is 0 Å². The van der Waals surface area contributed by atoms with Crippen molar-refractivity contribution in [1.29, 1.82) is 0 Å². The van der Waals surface area contributed by atoms with Crippen LogP contribution < -0.4 is 5.32 Å². The van der Waals surface area contributed by atoms with Crippen LogP contribution in [-0.4, -0.2) is 17.5 Å². The highest BCUT2D eigenvalue weighted by molar-refractivity contribution is 7.12. The summed E-state index contributed by atoms with van der Waals surface area (Å²) in [5.74, 6) is 0. The van der Waals surface area contributed by atoms with Gasteiger partial charge in [0.05, 0.1) is 6.04 Å². The van der Waals surface area contributed by atoms with Crippen molar-refractivity contribution in [3.63, 3.8) is 0 Å². The molecule has 1 N–H and O–H groups in total. The molecular weight excluding hydrogens is 304 g/mol. The van der Waals surface area contributed by atoms with Crippen LogP contribution in [0.4, 0.5) is 10.5 Å². The lowest BCUT2D eigenvalue weighted by molar-refractivity contribution is 0.190. The molecule has 1 aromatic heterocycles. The molecule has 1 aliphatic rings. The van der Waals surface area contributed by atoms with Crippen LogP contribution in [0.5, 0.6) is 0 Å². The first-order chi connectivity index (χ1) is 11.1. The number of aryl methyl sites for hydroxylation is 2. The molecule has 0 saturated carbocycles. The number of nitrogens with zero attached hydrogens (tertiary/aromatic N) is 1. The van der Waals surface area contributed by atoms with Crippen molar-refractivity contribution >= 4 is 23.1 Å². The predicted octanol–water partition coefficient (Wildman–Crippen LogP) is 5.51. The second kappa shape index (κ2) is 7.18. The zero-order valence-corrected chi connectivity index (χ0v) is 14.7. The lowest BCUT2D eigenvalue weighted by Gasteiger charge is -2.29. The first kappa shape index (κ1) is 16.1. The Kier molecular flexibility index (Phi) is 5.01. The molecule has 3 rings (SSSR count). The molecule has 1 saturated heterocycles. The molecule has 23 heavy (non-hydrogen) atoms. The van der Waals surface area contributed by atoms with E-state index < -0.39 is 0 Å². The first-order valence-electron chi connectivity index (χ1n) is 8.34. The van der Waals surface area contributed by atoms with Gasteiger partial charge in [-0.2, -0.15) is 0 Å². The molecule has 0 bridgehead atoms. The molecule has 1 fully saturated rings. The molecule has 1 aliphatic heterocycles. The van der Waals surface area contributed by atoms with Crippen molar-refractivity contribution in [2.24, 2.45) is 0 Å². The third kappa shape index (κ3) is 3.94. The van der Waals surface area contributed by atoms with E-state index in [0.717, 1.165) is 30.6 Å². The summed E-state index contributed by atoms with van der Waals surface area (Å²) in [5.41, 5.74) is 2.03. The number of anilines is 1. The van der Waals surface area contributed by atoms with Gasteiger partial charge in [0, 0.05) is 22.0 Å². The van der Waals surface area contributed by atoms with Gasteiger partial charge in [-0.05, 0) is 56.5 Å². The summed E-state index contributed by atoms with van der Waals surface area (Å²) in [4.78, 5) is 17.5. The molecule has 2 aromatic rings. The van der Waals surface area contributed by atoms with Gasteiger partial charge in [-0.25, -0.2) is 4.79 Å². The van der Waals surface area contributed by atoms with Crippen LogP contribution in [-0.2, 0) is 0 Å². The Morgan fingerprint density at radius 2 is 2.04 bits per heavy atom. The van der Waals surface area contributed by atoms with E-state index in [0.29, 0.717) is 0 Å². The van der Waals surface area contributed by atoms with Gasteiger partial charge in [0.15, 0.2) is 0 Å². The number of nitrogens with one attached hydrogen (secondary N) is 1. The van der Waals surface area contributed by atoms with E-state index in [-0.39, 0.29) is 12.1 Å². The van der Waals surface area contributed by atoms with E-state index in [1.807, 2.05) is 47.4 Å². The quantitative estimate of drug-likeness (QED) is 0.774. The minimum Gasteiger partial charge on any atom is -0.317 e. The van der Waals surface area contributed by atoms with Gasteiger partial charge in [0.2, 0.25) is 0 Å². The summed E-state index contributed by atoms with van der Waals surface area (Å²) >= 11 is 1.81. The van der Waals surface area contributed by atoms with E-state index in [1.54, 1.807) is 0 Å². The van der Waals surface area contributed by atoms with Gasteiger partial charge in [0.25, 0.3) is 0 Å². The van der Waals surface area contributed by atoms with Crippen molar-refractivity contribution in [3.05, 3.63) is 51.7 Å². The zero-order chi connectivity index (χ0) is 16.2. The van der Waals surface area contributed by atoms with E-state index in [1.165, 1.54) is 22.6 Å². The number of likely N-dealkylation sites (tertiary alicyclic amines) is 1. The molecule has 1 aromatic carbocycles. The molecule has 0 radical (unpaired) electrons. The second-order valence-corrected chi connectivity index (χ2v) is 7.63. The monoisotopic (exact) mass is 328 g/mol. The summed E-state index contributed by atoms with van der Waals surface area (Å²) in [5, 5.41) is 3.08. The first-order valence-corrected chi connectivity index (χ1v) is 9.16. The highest BCUT2D eigenvalue weighted by Crippen LogP contribution is 2.34. The molecule has 1 atom stereocenters. The third-order valence-electron chi connectivity index (χ3n) is 4.37. The molecule has 122 valence electrons. The maximum atomic E-state index is 12.8. The highest BCUT2D eigenvalue weighted by atomic mass is 32.1. The average molecular weight is 328 g/mol. The van der Waals surface area contributed by atoms with Gasteiger partial charge < -0.3 is 10.2 Å². The van der Waals surface area contributed by atoms with Gasteiger partial charge in [-0.1, -0.05) is 25.0 Å². The number of thiophene rings is 1. The van der Waals surface area contributed by atoms with Crippen molar-refractivity contribution in [2.75, 3.05) is 11.9 Å². The molecule has 0 aliphatic carbocycles. The van der Waals surface area contributed by atoms with Gasteiger partial charge in [0.1, 0.15) is 0 Å². The van der Waals surface area contributed by atoms with Gasteiger partial charge >= 0.3 is 6.03 Å². The summed E-state index contributed by atoms with van der Waals surface area (Å²) in [6.45, 7) is 5.00. The number of hydrogen-bond donors (Lipinski definition) is 1. The Labute approximate surface area is 142 Å². The van der Waals surface area contributed by atoms with Crippen LogP contribution >= 0.6 is 11.3 Å². The number of amides is 2. The van der Waals surface area contributed by atoms with Crippen LogP contribution in [0, 0.1) is 13.8 Å². The Morgan fingerprint density at radius 3 is 2.78 bits per heavy atom. The van der Waals surface area contributed by atoms with Crippen molar-refractivity contribution < 1.29 is 4.79 Å². The lowest BCUT2D eigenvalue weighted by Crippen LogP contribution is -2.37. The number of carbonyl (C=O) groups is 1. The maximum absolute atomic E-state index is 12.8. The van der Waals surface area contributed by atoms with E-state index in [4.69, 9.17) is 0 Å². The van der Waals surface area contributed by atoms with Gasteiger partial charge in [-0.15, -0.1) is 11.3 Å². The average Bonchev–Trinajstić information content (AvgIpc) is 2.81. The van der Waals surface area contributed by atoms with Crippen molar-refractivity contribution in [3.8, 4) is 0 Å². The summed E-state index contributed by atoms with van der Waals surface area (Å²) in [7, 11) is 0. The Bertz CT molecular complexity index is 680. The van der Waals surface area contributed by atoms with Crippen LogP contribution in [0.3, 0.4) is 0 Å². The van der Waals surface area contributed by atoms with E-state index >= 15 is 0 Å². The summed E-state index contributed by atoms with van der Waals surface area (Å²) < 4.78 is 0. The van der Waals surface area contributed by atoms with Crippen molar-refractivity contribution in [2.45, 2.75) is 45.6 Å². The number of rotatable bonds is 2. The van der Waals surface area contributed by atoms with E-state index in [9.17, 15) is 4.79 Å². The second-order valence-electron chi connectivity index (χ2n) is 6.31. The Hall–Kier alpha value is -1.81. The minimum atomic E-state index is 0.0218. The largest absolute Gasteiger partial charge is 0.322 e. The number of hydrogen-bond acceptors (Lipinski definition) is 2. The fraction of sp³-hybridized carbons (Fsp3) is 0.421. The summed E-state index contributed by atoms with van der Waals surface area (Å²) in [6.07, 6.45) is 4.54. The Morgan fingerprint density at radius 1 is 1.17 bits per heavy atom. The third-order valence-corrected chi connectivity index (χ3v) is 5.47. The van der Waals surface area contributed by atoms with Crippen LogP contribution in [0.2, 0.25) is 0 Å². The molecular formula is C19H24N2OS. The number of urea groups is 1. The molecule has 2 heterocycles. The standard InChI is InChI=1S/C19H24N2OS/c1-14-7-6-8-16(13-14)20-19(22)21-12-5-3-4-9-17(21)18-11-10-15(2)23-18/h6-8,10-11,13,17H,3-5,9,12H2,1-2H3,(H,20,22)/t17-/m0/s1. The molecule has 0 spiro atoms. The lowest BCUT2D eigenvalue weighted by atomic mass is 10.1. The van der Waals surface area contributed by atoms with Gasteiger partial charge in [-0.3, -0.25) is 0 Å². The highest BCUT2D eigenvalue weighted by Gasteiger charge is 2.27. The van der Waals surface area contributed by atoms with Crippen molar-refractivity contribution in [1.82, 2.24) is 4.90 Å². The minimum absolute atomic E-state index is 0.0218. The molecule has 3 nitrogen and oxygen atoms in total. The number of benzene rings is 1. The zero-order valence-electron chi connectivity index (χ0n) is 13.8. The molecule has 0 unspecified atom stereocenters. The Balaban J connectivity index is 1.80. The molecule has 4 heteroatoms. The fourth-order valence-corrected chi connectivity index (χ4v) is 4.22. The fourth-order valence-electron chi connectivity index (χ4n) is 3.20. The predicted molar refractivity (Wildman–Crippen MR) is 97.2 cm³/mol. The SMILES string of the molecule is Cc1cccc(NC(=O)N2CCCCC[C@H]2c2ccc(C)s2)c1. The van der Waals surface area contributed by atoms with Crippen LogP contribution in [0.15, 0.2) is 36.4 Å².